The van der Waals surface area contributed by atoms with Crippen LogP contribution in [0.3, 0.4) is 0 Å². The van der Waals surface area contributed by atoms with Gasteiger partial charge in [0.05, 0.1) is 22.3 Å². The first-order valence-corrected chi connectivity index (χ1v) is 12.7. The van der Waals surface area contributed by atoms with Crippen LogP contribution in [0.15, 0.2) is 66.7 Å². The van der Waals surface area contributed by atoms with Gasteiger partial charge in [-0.1, -0.05) is 66.4 Å². The van der Waals surface area contributed by atoms with Gasteiger partial charge in [-0.2, -0.15) is 5.26 Å². The molecule has 0 spiro atoms. The van der Waals surface area contributed by atoms with Crippen molar-refractivity contribution in [3.05, 3.63) is 99.3 Å². The number of anilines is 1. The van der Waals surface area contributed by atoms with Gasteiger partial charge in [0.2, 0.25) is 5.91 Å². The topological polar surface area (TPSA) is 44.1 Å². The van der Waals surface area contributed by atoms with Gasteiger partial charge in [0.25, 0.3) is 0 Å². The van der Waals surface area contributed by atoms with Crippen molar-refractivity contribution in [3.63, 3.8) is 0 Å². The van der Waals surface area contributed by atoms with Crippen LogP contribution in [0.2, 0.25) is 10.0 Å². The maximum atomic E-state index is 15.1. The summed E-state index contributed by atoms with van der Waals surface area (Å²) in [5, 5.41) is 10.2. The van der Waals surface area contributed by atoms with E-state index < -0.39 is 5.82 Å². The van der Waals surface area contributed by atoms with Crippen molar-refractivity contribution in [1.29, 1.82) is 5.26 Å². The molecule has 4 rings (SSSR count). The fourth-order valence-electron chi connectivity index (χ4n) is 4.95. The average Bonchev–Trinajstić information content (AvgIpc) is 3.39. The van der Waals surface area contributed by atoms with Crippen LogP contribution < -0.4 is 4.90 Å². The third kappa shape index (κ3) is 6.42. The second kappa shape index (κ2) is 11.7. The number of carbonyl (C=O) groups excluding carboxylic acids is 1. The molecule has 6 heteroatoms. The Hall–Kier alpha value is -2.87. The monoisotopic (exact) mass is 508 g/mol. The largest absolute Gasteiger partial charge is 0.308 e. The van der Waals surface area contributed by atoms with Crippen molar-refractivity contribution < 1.29 is 9.18 Å². The molecule has 1 fully saturated rings. The van der Waals surface area contributed by atoms with Gasteiger partial charge in [-0.15, -0.1) is 0 Å². The highest BCUT2D eigenvalue weighted by Crippen LogP contribution is 2.35. The summed E-state index contributed by atoms with van der Waals surface area (Å²) in [7, 11) is 0. The second-order valence-electron chi connectivity index (χ2n) is 9.21. The zero-order valence-corrected chi connectivity index (χ0v) is 20.9. The van der Waals surface area contributed by atoms with E-state index in [4.69, 9.17) is 23.2 Å². The Bertz CT molecular complexity index is 1200. The first-order chi connectivity index (χ1) is 16.9. The van der Waals surface area contributed by atoms with E-state index in [1.54, 1.807) is 23.1 Å². The van der Waals surface area contributed by atoms with Gasteiger partial charge >= 0.3 is 0 Å². The minimum absolute atomic E-state index is 0.0360. The van der Waals surface area contributed by atoms with Gasteiger partial charge in [0, 0.05) is 17.5 Å². The Labute approximate surface area is 216 Å². The van der Waals surface area contributed by atoms with E-state index in [0.29, 0.717) is 30.0 Å². The lowest BCUT2D eigenvalue weighted by molar-refractivity contribution is -0.122. The molecule has 1 unspecified atom stereocenters. The van der Waals surface area contributed by atoms with Crippen molar-refractivity contribution in [2.24, 2.45) is 11.8 Å². The van der Waals surface area contributed by atoms with Crippen LogP contribution in [0.5, 0.6) is 0 Å². The first-order valence-electron chi connectivity index (χ1n) is 11.9. The Morgan fingerprint density at radius 1 is 1.00 bits per heavy atom. The van der Waals surface area contributed by atoms with Crippen LogP contribution in [0, 0.1) is 29.0 Å². The maximum Gasteiger partial charge on any atom is 0.230 e. The molecule has 3 nitrogen and oxygen atoms in total. The number of hydrogen-bond donors (Lipinski definition) is 0. The van der Waals surface area contributed by atoms with Crippen molar-refractivity contribution in [1.82, 2.24) is 0 Å². The van der Waals surface area contributed by atoms with Gasteiger partial charge in [-0.3, -0.25) is 4.79 Å². The Balaban J connectivity index is 1.69. The molecule has 1 saturated carbocycles. The molecular weight excluding hydrogens is 482 g/mol. The SMILES string of the molecule is N#Cc1cccc(CC(Cc2ccc(Cl)cc2)CN(C(=O)C2CCCC2)c2c(F)cccc2Cl)c1. The summed E-state index contributed by atoms with van der Waals surface area (Å²) < 4.78 is 15.1. The van der Waals surface area contributed by atoms with Crippen molar-refractivity contribution >= 4 is 34.8 Å². The normalized spacial score (nSPS) is 14.5. The molecule has 0 N–H and O–H groups in total. The summed E-state index contributed by atoms with van der Waals surface area (Å²) >= 11 is 12.5. The molecule has 1 aliphatic carbocycles. The third-order valence-electron chi connectivity index (χ3n) is 6.64. The van der Waals surface area contributed by atoms with Crippen molar-refractivity contribution in [3.8, 4) is 6.07 Å². The third-order valence-corrected chi connectivity index (χ3v) is 7.19. The number of carbonyl (C=O) groups is 1. The fraction of sp³-hybridized carbons (Fsp3) is 0.310. The minimum Gasteiger partial charge on any atom is -0.308 e. The van der Waals surface area contributed by atoms with E-state index in [-0.39, 0.29) is 28.5 Å². The minimum atomic E-state index is -0.499. The predicted octanol–water partition coefficient (Wildman–Crippen LogP) is 7.63. The van der Waals surface area contributed by atoms with Crippen LogP contribution in [0.25, 0.3) is 0 Å². The molecule has 1 amide bonds. The molecule has 35 heavy (non-hydrogen) atoms. The molecule has 3 aromatic rings. The molecule has 0 heterocycles. The standard InChI is InChI=1S/C29H27Cl2FN2O/c30-25-13-11-20(12-14-25)15-23(17-21-5-3-6-22(16-21)18-33)19-34(29(35)24-7-1-2-8-24)28-26(31)9-4-10-27(28)32/h3-6,9-14,16,23-24H,1-2,7-8,15,17,19H2. The Morgan fingerprint density at radius 3 is 2.37 bits per heavy atom. The first kappa shape index (κ1) is 25.2. The van der Waals surface area contributed by atoms with E-state index in [1.807, 2.05) is 42.5 Å². The van der Waals surface area contributed by atoms with E-state index in [9.17, 15) is 10.1 Å². The summed E-state index contributed by atoms with van der Waals surface area (Å²) in [6, 6.07) is 21.8. The number of halogens is 3. The van der Waals surface area contributed by atoms with Gasteiger partial charge in [0.15, 0.2) is 0 Å². The number of nitriles is 1. The Morgan fingerprint density at radius 2 is 1.69 bits per heavy atom. The summed E-state index contributed by atoms with van der Waals surface area (Å²) in [6.07, 6.45) is 4.92. The van der Waals surface area contributed by atoms with Crippen molar-refractivity contribution in [2.75, 3.05) is 11.4 Å². The van der Waals surface area contributed by atoms with Crippen LogP contribution in [0.1, 0.15) is 42.4 Å². The number of para-hydroxylation sites is 1. The molecule has 1 aliphatic rings. The highest BCUT2D eigenvalue weighted by molar-refractivity contribution is 6.33. The summed E-state index contributed by atoms with van der Waals surface area (Å²) in [6.45, 7) is 0.315. The maximum absolute atomic E-state index is 15.1. The zero-order chi connectivity index (χ0) is 24.8. The molecule has 0 aromatic heterocycles. The van der Waals surface area contributed by atoms with E-state index >= 15 is 4.39 Å². The van der Waals surface area contributed by atoms with Crippen LogP contribution in [-0.2, 0) is 17.6 Å². The van der Waals surface area contributed by atoms with Gasteiger partial charge in [-0.25, -0.2) is 4.39 Å². The average molecular weight is 509 g/mol. The van der Waals surface area contributed by atoms with E-state index in [1.165, 1.54) is 6.07 Å². The van der Waals surface area contributed by atoms with E-state index in [0.717, 1.165) is 36.8 Å². The molecule has 0 saturated heterocycles. The molecule has 1 atom stereocenters. The zero-order valence-electron chi connectivity index (χ0n) is 19.4. The van der Waals surface area contributed by atoms with Gasteiger partial charge in [0.1, 0.15) is 5.82 Å². The van der Waals surface area contributed by atoms with Gasteiger partial charge < -0.3 is 4.90 Å². The summed E-state index contributed by atoms with van der Waals surface area (Å²) in [5.74, 6) is -0.725. The molecule has 180 valence electrons. The van der Waals surface area contributed by atoms with Gasteiger partial charge in [-0.05, 0) is 79.1 Å². The fourth-order valence-corrected chi connectivity index (χ4v) is 5.34. The van der Waals surface area contributed by atoms with Crippen LogP contribution in [-0.4, -0.2) is 12.5 Å². The number of rotatable bonds is 8. The lowest BCUT2D eigenvalue weighted by Crippen LogP contribution is -2.40. The number of hydrogen-bond acceptors (Lipinski definition) is 2. The quantitative estimate of drug-likeness (QED) is 0.313. The van der Waals surface area contributed by atoms with Crippen LogP contribution >= 0.6 is 23.2 Å². The van der Waals surface area contributed by atoms with Crippen molar-refractivity contribution in [2.45, 2.75) is 38.5 Å². The molecule has 3 aromatic carbocycles. The number of amides is 1. The predicted molar refractivity (Wildman–Crippen MR) is 139 cm³/mol. The molecule has 0 aliphatic heterocycles. The summed E-state index contributed by atoms with van der Waals surface area (Å²) in [4.78, 5) is 15.2. The molecular formula is C29H27Cl2FN2O. The second-order valence-corrected chi connectivity index (χ2v) is 10.1. The number of benzene rings is 3. The highest BCUT2D eigenvalue weighted by Gasteiger charge is 2.32. The Kier molecular flexibility index (Phi) is 8.44. The molecule has 0 radical (unpaired) electrons. The van der Waals surface area contributed by atoms with E-state index in [2.05, 4.69) is 6.07 Å². The lowest BCUT2D eigenvalue weighted by Gasteiger charge is -2.31. The smallest absolute Gasteiger partial charge is 0.230 e. The number of nitrogens with zero attached hydrogens (tertiary/aromatic N) is 2. The summed E-state index contributed by atoms with van der Waals surface area (Å²) in [5.41, 5.74) is 2.81. The highest BCUT2D eigenvalue weighted by atomic mass is 35.5. The lowest BCUT2D eigenvalue weighted by atomic mass is 9.90. The molecule has 0 bridgehead atoms. The van der Waals surface area contributed by atoms with Crippen LogP contribution in [0.4, 0.5) is 10.1 Å².